The van der Waals surface area contributed by atoms with Crippen LogP contribution >= 0.6 is 0 Å². The number of nitrogens with zero attached hydrogens (tertiary/aromatic N) is 3. The van der Waals surface area contributed by atoms with Crippen LogP contribution in [0.1, 0.15) is 42.5 Å². The van der Waals surface area contributed by atoms with Gasteiger partial charge in [-0.15, -0.1) is 0 Å². The number of carbonyl (C=O) groups excluding carboxylic acids is 1. The molecule has 2 amide bonds. The first kappa shape index (κ1) is 21.6. The van der Waals surface area contributed by atoms with Gasteiger partial charge in [0.25, 0.3) is 5.89 Å². The third-order valence-electron chi connectivity index (χ3n) is 6.16. The van der Waals surface area contributed by atoms with Gasteiger partial charge in [-0.2, -0.15) is 4.98 Å². The van der Waals surface area contributed by atoms with Crippen LogP contribution in [-0.2, 0) is 6.42 Å². The van der Waals surface area contributed by atoms with E-state index in [1.54, 1.807) is 4.90 Å². The summed E-state index contributed by atoms with van der Waals surface area (Å²) in [7, 11) is 0. The Morgan fingerprint density at radius 3 is 2.47 bits per heavy atom. The van der Waals surface area contributed by atoms with Gasteiger partial charge >= 0.3 is 6.03 Å². The van der Waals surface area contributed by atoms with Crippen molar-refractivity contribution < 1.29 is 9.32 Å². The number of rotatable bonds is 5. The number of nitrogens with one attached hydrogen (secondary N) is 1. The van der Waals surface area contributed by atoms with Crippen LogP contribution in [0.3, 0.4) is 0 Å². The van der Waals surface area contributed by atoms with Crippen LogP contribution < -0.4 is 10.2 Å². The number of carbonyl (C=O) groups is 1. The number of anilines is 1. The molecular formula is C28H26N4O2. The second-order valence-corrected chi connectivity index (χ2v) is 8.44. The lowest BCUT2D eigenvalue weighted by Crippen LogP contribution is -2.46. The van der Waals surface area contributed by atoms with E-state index in [0.717, 1.165) is 45.6 Å². The highest BCUT2D eigenvalue weighted by molar-refractivity contribution is 6.01. The molecule has 1 aromatic heterocycles. The van der Waals surface area contributed by atoms with Crippen molar-refractivity contribution in [1.82, 2.24) is 15.5 Å². The Morgan fingerprint density at radius 1 is 0.971 bits per heavy atom. The molecule has 6 heteroatoms. The predicted octanol–water partition coefficient (Wildman–Crippen LogP) is 6.31. The second kappa shape index (κ2) is 8.98. The fraction of sp³-hybridized carbons (Fsp3) is 0.179. The van der Waals surface area contributed by atoms with E-state index in [1.807, 2.05) is 86.6 Å². The molecule has 0 saturated carbocycles. The summed E-state index contributed by atoms with van der Waals surface area (Å²) in [6.07, 6.45) is 0.884. The van der Waals surface area contributed by atoms with Crippen LogP contribution in [-0.4, -0.2) is 16.2 Å². The summed E-state index contributed by atoms with van der Waals surface area (Å²) in [5.74, 6) is 0.897. The normalized spacial score (nSPS) is 16.0. The monoisotopic (exact) mass is 450 g/mol. The quantitative estimate of drug-likeness (QED) is 0.387. The molecule has 1 N–H and O–H groups in total. The fourth-order valence-electron chi connectivity index (χ4n) is 4.29. The molecule has 0 bridgehead atoms. The first-order valence-corrected chi connectivity index (χ1v) is 11.4. The first-order chi connectivity index (χ1) is 16.5. The molecular weight excluding hydrogens is 424 g/mol. The maximum absolute atomic E-state index is 13.4. The molecule has 6 nitrogen and oxygen atoms in total. The van der Waals surface area contributed by atoms with E-state index < -0.39 is 6.04 Å². The van der Waals surface area contributed by atoms with Crippen molar-refractivity contribution >= 4 is 17.3 Å². The first-order valence-electron chi connectivity index (χ1n) is 11.4. The SMILES string of the molecule is CCc1cccc(N2C(=O)NC(c3ccc(C)cc3)C(c3nc(-c4ccccc4)no3)=C2C)c1. The molecule has 170 valence electrons. The van der Waals surface area contributed by atoms with E-state index >= 15 is 0 Å². The lowest BCUT2D eigenvalue weighted by molar-refractivity contribution is 0.244. The minimum absolute atomic E-state index is 0.192. The smallest absolute Gasteiger partial charge is 0.326 e. The molecule has 0 fully saturated rings. The van der Waals surface area contributed by atoms with Crippen molar-refractivity contribution in [3.8, 4) is 11.4 Å². The summed E-state index contributed by atoms with van der Waals surface area (Å²) >= 11 is 0. The van der Waals surface area contributed by atoms with Gasteiger partial charge in [-0.1, -0.05) is 84.4 Å². The van der Waals surface area contributed by atoms with Gasteiger partial charge in [-0.05, 0) is 43.5 Å². The molecule has 1 atom stereocenters. The van der Waals surface area contributed by atoms with Gasteiger partial charge in [0.2, 0.25) is 5.82 Å². The van der Waals surface area contributed by atoms with Crippen LogP contribution in [0, 0.1) is 6.92 Å². The maximum Gasteiger partial charge on any atom is 0.326 e. The van der Waals surface area contributed by atoms with E-state index in [2.05, 4.69) is 23.5 Å². The molecule has 0 spiro atoms. The number of aryl methyl sites for hydroxylation is 2. The van der Waals surface area contributed by atoms with Crippen molar-refractivity contribution in [1.29, 1.82) is 0 Å². The van der Waals surface area contributed by atoms with E-state index in [4.69, 9.17) is 9.51 Å². The topological polar surface area (TPSA) is 71.3 Å². The number of allylic oxidation sites excluding steroid dienone is 1. The molecule has 1 unspecified atom stereocenters. The van der Waals surface area contributed by atoms with Crippen LogP contribution in [0.15, 0.2) is 89.1 Å². The minimum atomic E-state index is -0.414. The third kappa shape index (κ3) is 3.99. The molecule has 0 radical (unpaired) electrons. The molecule has 1 aliphatic heterocycles. The predicted molar refractivity (Wildman–Crippen MR) is 133 cm³/mol. The largest absolute Gasteiger partial charge is 0.334 e. The number of amides is 2. The van der Waals surface area contributed by atoms with Gasteiger partial charge in [0, 0.05) is 11.3 Å². The number of benzene rings is 3. The van der Waals surface area contributed by atoms with E-state index in [-0.39, 0.29) is 6.03 Å². The van der Waals surface area contributed by atoms with Crippen LogP contribution in [0.25, 0.3) is 17.0 Å². The van der Waals surface area contributed by atoms with Gasteiger partial charge in [0.05, 0.1) is 17.3 Å². The molecule has 3 aromatic carbocycles. The Labute approximate surface area is 198 Å². The lowest BCUT2D eigenvalue weighted by Gasteiger charge is -2.35. The minimum Gasteiger partial charge on any atom is -0.334 e. The average molecular weight is 451 g/mol. The summed E-state index contributed by atoms with van der Waals surface area (Å²) in [6.45, 7) is 6.07. The average Bonchev–Trinajstić information content (AvgIpc) is 3.35. The number of hydrogen-bond acceptors (Lipinski definition) is 4. The summed E-state index contributed by atoms with van der Waals surface area (Å²) in [6, 6.07) is 25.2. The summed E-state index contributed by atoms with van der Waals surface area (Å²) in [4.78, 5) is 19.8. The highest BCUT2D eigenvalue weighted by Gasteiger charge is 2.36. The summed E-state index contributed by atoms with van der Waals surface area (Å²) < 4.78 is 5.77. The maximum atomic E-state index is 13.4. The van der Waals surface area contributed by atoms with Gasteiger partial charge in [-0.25, -0.2) is 4.79 Å². The zero-order valence-electron chi connectivity index (χ0n) is 19.4. The van der Waals surface area contributed by atoms with Gasteiger partial charge in [0.1, 0.15) is 0 Å². The summed E-state index contributed by atoms with van der Waals surface area (Å²) in [5.41, 5.74) is 6.47. The van der Waals surface area contributed by atoms with Crippen LogP contribution in [0.4, 0.5) is 10.5 Å². The lowest BCUT2D eigenvalue weighted by atomic mass is 9.94. The molecule has 1 aliphatic rings. The van der Waals surface area contributed by atoms with E-state index in [9.17, 15) is 4.79 Å². The second-order valence-electron chi connectivity index (χ2n) is 8.44. The molecule has 0 aliphatic carbocycles. The number of aromatic nitrogens is 2. The molecule has 4 aromatic rings. The zero-order chi connectivity index (χ0) is 23.7. The Bertz CT molecular complexity index is 1360. The zero-order valence-corrected chi connectivity index (χ0v) is 19.4. The van der Waals surface area contributed by atoms with Crippen molar-refractivity contribution in [3.63, 3.8) is 0 Å². The van der Waals surface area contributed by atoms with Gasteiger partial charge in [-0.3, -0.25) is 4.90 Å². The highest BCUT2D eigenvalue weighted by Crippen LogP contribution is 2.39. The fourth-order valence-corrected chi connectivity index (χ4v) is 4.29. The van der Waals surface area contributed by atoms with Gasteiger partial charge in [0.15, 0.2) is 0 Å². The van der Waals surface area contributed by atoms with E-state index in [1.165, 1.54) is 0 Å². The molecule has 34 heavy (non-hydrogen) atoms. The Kier molecular flexibility index (Phi) is 5.72. The standard InChI is InChI=1S/C28H26N4O2/c1-4-20-9-8-12-23(17-20)32-19(3)24(25(29-28(32)33)21-15-13-18(2)14-16-21)27-30-26(31-34-27)22-10-6-5-7-11-22/h5-17,25H,4H2,1-3H3,(H,29,33). The van der Waals surface area contributed by atoms with Crippen molar-refractivity contribution in [2.45, 2.75) is 33.2 Å². The van der Waals surface area contributed by atoms with Crippen molar-refractivity contribution in [2.75, 3.05) is 4.90 Å². The van der Waals surface area contributed by atoms with E-state index in [0.29, 0.717) is 11.7 Å². The Hall–Kier alpha value is -4.19. The van der Waals surface area contributed by atoms with Crippen molar-refractivity contribution in [2.24, 2.45) is 0 Å². The Balaban J connectivity index is 1.66. The molecule has 0 saturated heterocycles. The number of urea groups is 1. The highest BCUT2D eigenvalue weighted by atomic mass is 16.5. The van der Waals surface area contributed by atoms with Crippen LogP contribution in [0.2, 0.25) is 0 Å². The number of hydrogen-bond donors (Lipinski definition) is 1. The molecule has 5 rings (SSSR count). The molecule has 2 heterocycles. The third-order valence-corrected chi connectivity index (χ3v) is 6.16. The van der Waals surface area contributed by atoms with Crippen LogP contribution in [0.5, 0.6) is 0 Å². The Morgan fingerprint density at radius 2 is 1.74 bits per heavy atom. The van der Waals surface area contributed by atoms with Crippen molar-refractivity contribution in [3.05, 3.63) is 107 Å². The van der Waals surface area contributed by atoms with Gasteiger partial charge < -0.3 is 9.84 Å². The summed E-state index contributed by atoms with van der Waals surface area (Å²) in [5, 5.41) is 7.40.